The Morgan fingerprint density at radius 3 is 2.65 bits per heavy atom. The third-order valence-electron chi connectivity index (χ3n) is 2.93. The summed E-state index contributed by atoms with van der Waals surface area (Å²) < 4.78 is 0. The van der Waals surface area contributed by atoms with Crippen LogP contribution in [0.3, 0.4) is 0 Å². The van der Waals surface area contributed by atoms with E-state index in [2.05, 4.69) is 61.1 Å². The van der Waals surface area contributed by atoms with Crippen LogP contribution in [0, 0.1) is 13.8 Å². The van der Waals surface area contributed by atoms with Gasteiger partial charge < -0.3 is 0 Å². The van der Waals surface area contributed by atoms with E-state index < -0.39 is 0 Å². The molecule has 0 radical (unpaired) electrons. The van der Waals surface area contributed by atoms with E-state index in [-0.39, 0.29) is 0 Å². The average Bonchev–Trinajstić information content (AvgIpc) is 2.72. The zero-order valence-electron chi connectivity index (χ0n) is 10.9. The van der Waals surface area contributed by atoms with Crippen molar-refractivity contribution in [2.24, 2.45) is 0 Å². The molecule has 90 valence electrons. The van der Waals surface area contributed by atoms with Crippen molar-refractivity contribution in [3.05, 3.63) is 46.5 Å². The number of hydrogen-bond donors (Lipinski definition) is 1. The number of aromatic nitrogens is 3. The SMILES string of the molecule is Cc1ccc(C)c(Cc2nc(C(C)C)n[nH]2)c1. The minimum Gasteiger partial charge on any atom is -0.263 e. The van der Waals surface area contributed by atoms with E-state index in [0.717, 1.165) is 18.1 Å². The van der Waals surface area contributed by atoms with E-state index in [0.29, 0.717) is 5.92 Å². The summed E-state index contributed by atoms with van der Waals surface area (Å²) in [4.78, 5) is 4.51. The molecule has 0 fully saturated rings. The third kappa shape index (κ3) is 2.73. The van der Waals surface area contributed by atoms with Gasteiger partial charge in [0.2, 0.25) is 0 Å². The lowest BCUT2D eigenvalue weighted by Gasteiger charge is -2.04. The quantitative estimate of drug-likeness (QED) is 0.878. The molecule has 1 heterocycles. The Bertz CT molecular complexity index is 512. The van der Waals surface area contributed by atoms with Crippen molar-refractivity contribution < 1.29 is 0 Å². The highest BCUT2D eigenvalue weighted by atomic mass is 15.2. The smallest absolute Gasteiger partial charge is 0.153 e. The van der Waals surface area contributed by atoms with Crippen LogP contribution >= 0.6 is 0 Å². The third-order valence-corrected chi connectivity index (χ3v) is 2.93. The Balaban J connectivity index is 2.22. The Kier molecular flexibility index (Phi) is 3.27. The van der Waals surface area contributed by atoms with Crippen LogP contribution < -0.4 is 0 Å². The molecule has 17 heavy (non-hydrogen) atoms. The summed E-state index contributed by atoms with van der Waals surface area (Å²) in [6.45, 7) is 8.45. The van der Waals surface area contributed by atoms with Crippen molar-refractivity contribution >= 4 is 0 Å². The van der Waals surface area contributed by atoms with Crippen molar-refractivity contribution in [2.45, 2.75) is 40.0 Å². The highest BCUT2D eigenvalue weighted by Crippen LogP contribution is 2.15. The molecule has 2 aromatic rings. The second-order valence-electron chi connectivity index (χ2n) is 4.90. The molecule has 0 atom stereocenters. The van der Waals surface area contributed by atoms with Crippen molar-refractivity contribution in [1.82, 2.24) is 15.2 Å². The molecule has 3 nitrogen and oxygen atoms in total. The van der Waals surface area contributed by atoms with Crippen LogP contribution in [0.4, 0.5) is 0 Å². The highest BCUT2D eigenvalue weighted by molar-refractivity contribution is 5.32. The van der Waals surface area contributed by atoms with Gasteiger partial charge in [0, 0.05) is 12.3 Å². The molecule has 2 rings (SSSR count). The van der Waals surface area contributed by atoms with Crippen LogP contribution in [0.1, 0.15) is 48.1 Å². The first kappa shape index (κ1) is 11.8. The molecule has 0 aliphatic rings. The van der Waals surface area contributed by atoms with Gasteiger partial charge in [0.15, 0.2) is 5.82 Å². The Labute approximate surface area is 102 Å². The minimum absolute atomic E-state index is 0.374. The maximum atomic E-state index is 4.51. The van der Waals surface area contributed by atoms with E-state index in [4.69, 9.17) is 0 Å². The molecular formula is C14H19N3. The van der Waals surface area contributed by atoms with Gasteiger partial charge >= 0.3 is 0 Å². The lowest BCUT2D eigenvalue weighted by molar-refractivity contribution is 0.780. The fraction of sp³-hybridized carbons (Fsp3) is 0.429. The van der Waals surface area contributed by atoms with Gasteiger partial charge in [-0.1, -0.05) is 37.6 Å². The molecule has 0 amide bonds. The molecule has 1 aromatic heterocycles. The molecule has 3 heteroatoms. The molecule has 0 aliphatic carbocycles. The lowest BCUT2D eigenvalue weighted by atomic mass is 10.0. The Morgan fingerprint density at radius 2 is 2.00 bits per heavy atom. The van der Waals surface area contributed by atoms with Crippen LogP contribution in [-0.4, -0.2) is 15.2 Å². The first-order chi connectivity index (χ1) is 8.06. The average molecular weight is 229 g/mol. The fourth-order valence-corrected chi connectivity index (χ4v) is 1.82. The topological polar surface area (TPSA) is 41.6 Å². The zero-order chi connectivity index (χ0) is 12.4. The van der Waals surface area contributed by atoms with Crippen molar-refractivity contribution in [1.29, 1.82) is 0 Å². The summed E-state index contributed by atoms with van der Waals surface area (Å²) in [5.74, 6) is 2.21. The van der Waals surface area contributed by atoms with Crippen LogP contribution in [-0.2, 0) is 6.42 Å². The van der Waals surface area contributed by atoms with Crippen LogP contribution in [0.5, 0.6) is 0 Å². The fourth-order valence-electron chi connectivity index (χ4n) is 1.82. The molecular weight excluding hydrogens is 210 g/mol. The zero-order valence-corrected chi connectivity index (χ0v) is 10.9. The lowest BCUT2D eigenvalue weighted by Crippen LogP contribution is -1.95. The molecule has 0 bridgehead atoms. The van der Waals surface area contributed by atoms with Gasteiger partial charge in [0.25, 0.3) is 0 Å². The Morgan fingerprint density at radius 1 is 1.24 bits per heavy atom. The van der Waals surface area contributed by atoms with Gasteiger partial charge in [0.1, 0.15) is 5.82 Å². The summed E-state index contributed by atoms with van der Waals surface area (Å²) in [5, 5.41) is 7.25. The number of nitrogens with zero attached hydrogens (tertiary/aromatic N) is 2. The molecule has 0 aliphatic heterocycles. The van der Waals surface area contributed by atoms with Crippen molar-refractivity contribution in [2.75, 3.05) is 0 Å². The van der Waals surface area contributed by atoms with E-state index in [1.165, 1.54) is 16.7 Å². The molecule has 0 saturated heterocycles. The van der Waals surface area contributed by atoms with Gasteiger partial charge in [-0.3, -0.25) is 5.10 Å². The molecule has 1 N–H and O–H groups in total. The number of hydrogen-bond acceptors (Lipinski definition) is 2. The monoisotopic (exact) mass is 229 g/mol. The van der Waals surface area contributed by atoms with Gasteiger partial charge in [-0.05, 0) is 25.0 Å². The van der Waals surface area contributed by atoms with Crippen LogP contribution in [0.2, 0.25) is 0 Å². The summed E-state index contributed by atoms with van der Waals surface area (Å²) in [7, 11) is 0. The first-order valence-corrected chi connectivity index (χ1v) is 6.03. The van der Waals surface area contributed by atoms with Gasteiger partial charge in [-0.25, -0.2) is 4.98 Å². The van der Waals surface area contributed by atoms with Gasteiger partial charge in [0.05, 0.1) is 0 Å². The first-order valence-electron chi connectivity index (χ1n) is 6.03. The normalized spacial score (nSPS) is 11.1. The Hall–Kier alpha value is -1.64. The number of aromatic amines is 1. The second-order valence-corrected chi connectivity index (χ2v) is 4.90. The number of rotatable bonds is 3. The predicted molar refractivity (Wildman–Crippen MR) is 69.2 cm³/mol. The molecule has 1 aromatic carbocycles. The molecule has 0 saturated carbocycles. The van der Waals surface area contributed by atoms with E-state index in [1.807, 2.05) is 0 Å². The summed E-state index contributed by atoms with van der Waals surface area (Å²) in [6, 6.07) is 6.51. The largest absolute Gasteiger partial charge is 0.263 e. The van der Waals surface area contributed by atoms with Crippen LogP contribution in [0.25, 0.3) is 0 Å². The number of benzene rings is 1. The highest BCUT2D eigenvalue weighted by Gasteiger charge is 2.08. The van der Waals surface area contributed by atoms with Crippen molar-refractivity contribution in [3.8, 4) is 0 Å². The molecule has 0 spiro atoms. The maximum Gasteiger partial charge on any atom is 0.153 e. The van der Waals surface area contributed by atoms with E-state index in [9.17, 15) is 0 Å². The van der Waals surface area contributed by atoms with Gasteiger partial charge in [-0.15, -0.1) is 0 Å². The van der Waals surface area contributed by atoms with Gasteiger partial charge in [-0.2, -0.15) is 5.10 Å². The number of nitrogens with one attached hydrogen (secondary N) is 1. The van der Waals surface area contributed by atoms with Crippen molar-refractivity contribution in [3.63, 3.8) is 0 Å². The summed E-state index contributed by atoms with van der Waals surface area (Å²) >= 11 is 0. The summed E-state index contributed by atoms with van der Waals surface area (Å²) in [6.07, 6.45) is 0.827. The standard InChI is InChI=1S/C14H19N3/c1-9(2)14-15-13(16-17-14)8-12-7-10(3)5-6-11(12)4/h5-7,9H,8H2,1-4H3,(H,15,16,17). The van der Waals surface area contributed by atoms with E-state index in [1.54, 1.807) is 0 Å². The summed E-state index contributed by atoms with van der Waals surface area (Å²) in [5.41, 5.74) is 3.91. The maximum absolute atomic E-state index is 4.51. The molecule has 0 unspecified atom stereocenters. The predicted octanol–water partition coefficient (Wildman–Crippen LogP) is 3.14. The number of aryl methyl sites for hydroxylation is 2. The minimum atomic E-state index is 0.374. The second kappa shape index (κ2) is 4.70. The number of H-pyrrole nitrogens is 1. The van der Waals surface area contributed by atoms with E-state index >= 15 is 0 Å². The van der Waals surface area contributed by atoms with Crippen LogP contribution in [0.15, 0.2) is 18.2 Å².